The Hall–Kier alpha value is -1.69. The smallest absolute Gasteiger partial charge is 0.371 e. The normalized spacial score (nSPS) is 13.1. The van der Waals surface area contributed by atoms with Gasteiger partial charge in [-0.05, 0) is 6.42 Å². The second-order valence-corrected chi connectivity index (χ2v) is 8.17. The van der Waals surface area contributed by atoms with E-state index in [2.05, 4.69) is 29.3 Å². The number of imidazole rings is 1. The lowest BCUT2D eigenvalue weighted by Crippen LogP contribution is -2.14. The Bertz CT molecular complexity index is 881. The fourth-order valence-corrected chi connectivity index (χ4v) is 3.07. The van der Waals surface area contributed by atoms with Crippen LogP contribution in [-0.2, 0) is 24.7 Å². The third-order valence-electron chi connectivity index (χ3n) is 3.53. The first kappa shape index (κ1) is 22.6. The molecule has 0 aromatic carbocycles. The van der Waals surface area contributed by atoms with Gasteiger partial charge in [-0.2, -0.15) is 0 Å². The molecule has 0 fully saturated rings. The highest BCUT2D eigenvalue weighted by Crippen LogP contribution is 2.39. The molecule has 2 rings (SSSR count). The maximum atomic E-state index is 10.8. The number of phosphoric ester groups is 2. The molecule has 2 aromatic rings. The van der Waals surface area contributed by atoms with Crippen molar-refractivity contribution in [2.24, 2.45) is 5.92 Å². The summed E-state index contributed by atoms with van der Waals surface area (Å²) in [6, 6.07) is 0. The van der Waals surface area contributed by atoms with Gasteiger partial charge in [-0.1, -0.05) is 12.2 Å². The number of anilines is 1. The number of allylic oxidation sites excluding steroid dienone is 2. The number of nitrogens with zero attached hydrogens (tertiary/aromatic N) is 4. The van der Waals surface area contributed by atoms with Crippen LogP contribution in [0.1, 0.15) is 6.42 Å². The van der Waals surface area contributed by atoms with Crippen molar-refractivity contribution in [3.63, 3.8) is 0 Å². The molecular formula is C13H21N5O8P2. The average molecular weight is 437 g/mol. The van der Waals surface area contributed by atoms with Crippen LogP contribution in [0.3, 0.4) is 0 Å². The Morgan fingerprint density at radius 2 is 1.75 bits per heavy atom. The van der Waals surface area contributed by atoms with Crippen LogP contribution >= 0.6 is 15.6 Å². The minimum absolute atomic E-state index is 0.212. The first-order valence-corrected chi connectivity index (χ1v) is 11.0. The van der Waals surface area contributed by atoms with E-state index in [0.717, 1.165) is 0 Å². The van der Waals surface area contributed by atoms with Crippen LogP contribution in [0.15, 0.2) is 24.8 Å². The molecule has 2 aromatic heterocycles. The lowest BCUT2D eigenvalue weighted by Gasteiger charge is -2.16. The summed E-state index contributed by atoms with van der Waals surface area (Å²) in [4.78, 5) is 47.6. The fraction of sp³-hybridized carbons (Fsp3) is 0.462. The van der Waals surface area contributed by atoms with Crippen molar-refractivity contribution < 1.29 is 37.8 Å². The summed E-state index contributed by atoms with van der Waals surface area (Å²) in [7, 11) is -7.69. The molecule has 0 spiro atoms. The van der Waals surface area contributed by atoms with Crippen molar-refractivity contribution in [1.29, 1.82) is 0 Å². The highest BCUT2D eigenvalue weighted by molar-refractivity contribution is 7.46. The molecule has 5 N–H and O–H groups in total. The Balaban J connectivity index is 1.98. The van der Waals surface area contributed by atoms with Crippen molar-refractivity contribution in [2.45, 2.75) is 13.0 Å². The molecular weight excluding hydrogens is 416 g/mol. The van der Waals surface area contributed by atoms with E-state index in [1.807, 2.05) is 0 Å². The van der Waals surface area contributed by atoms with Crippen LogP contribution in [0, 0.1) is 5.92 Å². The van der Waals surface area contributed by atoms with E-state index in [1.54, 1.807) is 30.1 Å². The van der Waals surface area contributed by atoms with Gasteiger partial charge in [-0.3, -0.25) is 9.05 Å². The fourth-order valence-electron chi connectivity index (χ4n) is 2.26. The summed E-state index contributed by atoms with van der Waals surface area (Å²) in [6.45, 7) is -0.454. The highest BCUT2D eigenvalue weighted by atomic mass is 31.2. The summed E-state index contributed by atoms with van der Waals surface area (Å²) in [5, 5.41) is 2.92. The lowest BCUT2D eigenvalue weighted by atomic mass is 10.1. The minimum atomic E-state index is -4.70. The van der Waals surface area contributed by atoms with Crippen molar-refractivity contribution >= 4 is 32.6 Å². The molecule has 15 heteroatoms. The second kappa shape index (κ2) is 9.68. The maximum absolute atomic E-state index is 10.8. The van der Waals surface area contributed by atoms with Crippen LogP contribution in [0.5, 0.6) is 0 Å². The predicted molar refractivity (Wildman–Crippen MR) is 98.1 cm³/mol. The first-order chi connectivity index (χ1) is 13.1. The zero-order valence-electron chi connectivity index (χ0n) is 14.8. The topological polar surface area (TPSA) is 189 Å². The SMILES string of the molecule is CNc1ncnc2c1ncn2C/C=C/CC(COP(=O)(O)O)COP(=O)(O)O. The van der Waals surface area contributed by atoms with Crippen LogP contribution in [0.4, 0.5) is 5.82 Å². The Morgan fingerprint density at radius 1 is 1.11 bits per heavy atom. The van der Waals surface area contributed by atoms with Gasteiger partial charge in [-0.15, -0.1) is 0 Å². The van der Waals surface area contributed by atoms with E-state index in [0.29, 0.717) is 23.5 Å². The van der Waals surface area contributed by atoms with Gasteiger partial charge < -0.3 is 29.5 Å². The van der Waals surface area contributed by atoms with E-state index in [-0.39, 0.29) is 6.42 Å². The second-order valence-electron chi connectivity index (χ2n) is 5.69. The minimum Gasteiger partial charge on any atom is -0.371 e. The molecule has 2 heterocycles. The Morgan fingerprint density at radius 3 is 2.32 bits per heavy atom. The predicted octanol–water partition coefficient (Wildman–Crippen LogP) is 0.649. The van der Waals surface area contributed by atoms with Gasteiger partial charge in [0.15, 0.2) is 11.5 Å². The zero-order chi connectivity index (χ0) is 20.8. The molecule has 0 aliphatic rings. The van der Waals surface area contributed by atoms with Crippen LogP contribution in [0.2, 0.25) is 0 Å². The molecule has 0 aliphatic heterocycles. The molecule has 0 amide bonds. The molecule has 0 unspecified atom stereocenters. The van der Waals surface area contributed by atoms with Crippen molar-refractivity contribution in [3.8, 4) is 0 Å². The van der Waals surface area contributed by atoms with Gasteiger partial charge in [-0.25, -0.2) is 24.1 Å². The van der Waals surface area contributed by atoms with Gasteiger partial charge in [0.05, 0.1) is 19.5 Å². The molecule has 28 heavy (non-hydrogen) atoms. The van der Waals surface area contributed by atoms with E-state index in [4.69, 9.17) is 19.6 Å². The van der Waals surface area contributed by atoms with Crippen molar-refractivity contribution in [3.05, 3.63) is 24.8 Å². The third-order valence-corrected chi connectivity index (χ3v) is 4.50. The maximum Gasteiger partial charge on any atom is 0.469 e. The summed E-state index contributed by atoms with van der Waals surface area (Å²) in [5.41, 5.74) is 1.23. The molecule has 156 valence electrons. The van der Waals surface area contributed by atoms with Crippen molar-refractivity contribution in [1.82, 2.24) is 19.5 Å². The monoisotopic (exact) mass is 437 g/mol. The number of phosphoric acid groups is 2. The van der Waals surface area contributed by atoms with Crippen molar-refractivity contribution in [2.75, 3.05) is 25.6 Å². The van der Waals surface area contributed by atoms with Crippen LogP contribution in [0.25, 0.3) is 11.2 Å². The van der Waals surface area contributed by atoms with Crippen LogP contribution < -0.4 is 5.32 Å². The molecule has 0 saturated carbocycles. The lowest BCUT2D eigenvalue weighted by molar-refractivity contribution is 0.119. The van der Waals surface area contributed by atoms with E-state index >= 15 is 0 Å². The Kier molecular flexibility index (Phi) is 7.81. The van der Waals surface area contributed by atoms with Gasteiger partial charge in [0.1, 0.15) is 11.8 Å². The van der Waals surface area contributed by atoms with Gasteiger partial charge in [0, 0.05) is 19.5 Å². The number of fused-ring (bicyclic) bond motifs is 1. The van der Waals surface area contributed by atoms with E-state index < -0.39 is 34.8 Å². The number of aromatic nitrogens is 4. The van der Waals surface area contributed by atoms with Crippen LogP contribution in [-0.4, -0.2) is 59.4 Å². The van der Waals surface area contributed by atoms with Gasteiger partial charge >= 0.3 is 15.6 Å². The summed E-state index contributed by atoms with van der Waals surface area (Å²) in [6.07, 6.45) is 6.65. The summed E-state index contributed by atoms with van der Waals surface area (Å²) >= 11 is 0. The number of hydrogen-bond donors (Lipinski definition) is 5. The van der Waals surface area contributed by atoms with Gasteiger partial charge in [0.25, 0.3) is 0 Å². The standard InChI is InChI=1S/C13H21N5O8P2/c1-14-12-11-13(16-8-15-12)18(9-17-11)5-3-2-4-10(6-25-27(19,20)21)7-26-28(22,23)24/h2-3,8-10H,4-7H2,1H3,(H,14,15,16)(H2,19,20,21)(H2,22,23,24)/b3-2+. The molecule has 0 aliphatic carbocycles. The number of nitrogens with one attached hydrogen (secondary N) is 1. The number of hydrogen-bond acceptors (Lipinski definition) is 8. The quantitative estimate of drug-likeness (QED) is 0.244. The zero-order valence-corrected chi connectivity index (χ0v) is 16.6. The van der Waals surface area contributed by atoms with E-state index in [9.17, 15) is 9.13 Å². The van der Waals surface area contributed by atoms with E-state index in [1.165, 1.54) is 6.33 Å². The highest BCUT2D eigenvalue weighted by Gasteiger charge is 2.21. The first-order valence-electron chi connectivity index (χ1n) is 7.98. The summed E-state index contributed by atoms with van der Waals surface area (Å²) < 4.78 is 32.2. The molecule has 0 saturated heterocycles. The molecule has 0 bridgehead atoms. The molecule has 13 nitrogen and oxygen atoms in total. The largest absolute Gasteiger partial charge is 0.469 e. The third kappa shape index (κ3) is 7.38. The average Bonchev–Trinajstić information content (AvgIpc) is 3.01. The Labute approximate surface area is 159 Å². The summed E-state index contributed by atoms with van der Waals surface area (Å²) in [5.74, 6) is -0.0776. The molecule has 0 radical (unpaired) electrons. The van der Waals surface area contributed by atoms with Gasteiger partial charge in [0.2, 0.25) is 0 Å². The molecule has 0 atom stereocenters. The number of rotatable bonds is 11.